The van der Waals surface area contributed by atoms with E-state index < -0.39 is 0 Å². The number of hydrogen-bond acceptors (Lipinski definition) is 3. The number of nitrogens with one attached hydrogen (secondary N) is 2. The van der Waals surface area contributed by atoms with Crippen LogP contribution in [0.4, 0.5) is 5.69 Å². The monoisotopic (exact) mass is 300 g/mol. The van der Waals surface area contributed by atoms with Crippen LogP contribution in [-0.2, 0) is 6.54 Å². The van der Waals surface area contributed by atoms with Crippen molar-refractivity contribution in [2.24, 2.45) is 0 Å². The van der Waals surface area contributed by atoms with E-state index in [1.54, 1.807) is 12.4 Å². The maximum atomic E-state index is 4.63. The quantitative estimate of drug-likeness (QED) is 0.593. The Morgan fingerprint density at radius 3 is 2.52 bits per heavy atom. The minimum Gasteiger partial charge on any atom is -0.378 e. The molecule has 0 saturated heterocycles. The molecular formula is C19H16N4. The molecule has 2 aromatic heterocycles. The number of H-pyrrole nitrogens is 1. The average molecular weight is 300 g/mol. The van der Waals surface area contributed by atoms with Crippen LogP contribution < -0.4 is 5.32 Å². The topological polar surface area (TPSA) is 53.6 Å². The molecule has 23 heavy (non-hydrogen) atoms. The summed E-state index contributed by atoms with van der Waals surface area (Å²) in [4.78, 5) is 12.0. The van der Waals surface area contributed by atoms with Crippen molar-refractivity contribution in [2.75, 3.05) is 5.32 Å². The van der Waals surface area contributed by atoms with Crippen molar-refractivity contribution in [2.45, 2.75) is 6.54 Å². The number of aromatic nitrogens is 3. The summed E-state index contributed by atoms with van der Waals surface area (Å²) in [7, 11) is 0. The minimum absolute atomic E-state index is 0.652. The molecule has 4 heteroatoms. The first kappa shape index (κ1) is 13.5. The minimum atomic E-state index is 0.652. The number of imidazole rings is 1. The molecule has 0 amide bonds. The number of rotatable bonds is 4. The van der Waals surface area contributed by atoms with Crippen LogP contribution in [0.15, 0.2) is 73.1 Å². The zero-order valence-corrected chi connectivity index (χ0v) is 12.5. The Kier molecular flexibility index (Phi) is 3.48. The van der Waals surface area contributed by atoms with Gasteiger partial charge in [-0.25, -0.2) is 4.98 Å². The molecule has 0 aliphatic carbocycles. The third-order valence-electron chi connectivity index (χ3n) is 3.78. The molecule has 0 saturated carbocycles. The van der Waals surface area contributed by atoms with E-state index in [1.807, 2.05) is 18.2 Å². The van der Waals surface area contributed by atoms with Crippen LogP contribution in [0, 0.1) is 0 Å². The van der Waals surface area contributed by atoms with Gasteiger partial charge in [-0.05, 0) is 35.4 Å². The normalized spacial score (nSPS) is 10.8. The van der Waals surface area contributed by atoms with E-state index in [0.717, 1.165) is 22.5 Å². The molecule has 112 valence electrons. The second kappa shape index (κ2) is 5.93. The highest BCUT2D eigenvalue weighted by Gasteiger charge is 2.05. The summed E-state index contributed by atoms with van der Waals surface area (Å²) in [5.41, 5.74) is 5.47. The summed E-state index contributed by atoms with van der Waals surface area (Å²) in [6, 6.07) is 20.6. The highest BCUT2D eigenvalue weighted by Crippen LogP contribution is 2.23. The van der Waals surface area contributed by atoms with Crippen molar-refractivity contribution >= 4 is 16.7 Å². The third kappa shape index (κ3) is 2.92. The summed E-state index contributed by atoms with van der Waals surface area (Å²) in [6.45, 7) is 0.652. The predicted octanol–water partition coefficient (Wildman–Crippen LogP) is 4.24. The van der Waals surface area contributed by atoms with Crippen LogP contribution in [0.5, 0.6) is 0 Å². The molecule has 0 atom stereocenters. The van der Waals surface area contributed by atoms with E-state index in [1.165, 1.54) is 11.1 Å². The largest absolute Gasteiger partial charge is 0.378 e. The average Bonchev–Trinajstić information content (AvgIpc) is 3.04. The molecule has 4 rings (SSSR count). The van der Waals surface area contributed by atoms with Crippen LogP contribution in [-0.4, -0.2) is 15.0 Å². The molecule has 0 aliphatic rings. The highest BCUT2D eigenvalue weighted by atomic mass is 15.0. The third-order valence-corrected chi connectivity index (χ3v) is 3.78. The van der Waals surface area contributed by atoms with Gasteiger partial charge in [-0.15, -0.1) is 0 Å². The fraction of sp³-hybridized carbons (Fsp3) is 0.0526. The molecule has 0 aliphatic heterocycles. The van der Waals surface area contributed by atoms with Crippen molar-refractivity contribution in [3.63, 3.8) is 0 Å². The van der Waals surface area contributed by atoms with Crippen LogP contribution in [0.3, 0.4) is 0 Å². The lowest BCUT2D eigenvalue weighted by molar-refractivity contribution is 1.01. The van der Waals surface area contributed by atoms with E-state index >= 15 is 0 Å². The Labute approximate surface area is 134 Å². The number of anilines is 1. The van der Waals surface area contributed by atoms with Gasteiger partial charge in [-0.1, -0.05) is 36.4 Å². The van der Waals surface area contributed by atoms with E-state index in [9.17, 15) is 0 Å². The van der Waals surface area contributed by atoms with Gasteiger partial charge in [-0.3, -0.25) is 4.98 Å². The van der Waals surface area contributed by atoms with Gasteiger partial charge in [0.15, 0.2) is 0 Å². The molecule has 2 N–H and O–H groups in total. The van der Waals surface area contributed by atoms with Crippen LogP contribution in [0.1, 0.15) is 5.82 Å². The second-order valence-electron chi connectivity index (χ2n) is 5.37. The molecule has 0 spiro atoms. The molecule has 4 aromatic rings. The summed E-state index contributed by atoms with van der Waals surface area (Å²) < 4.78 is 0. The van der Waals surface area contributed by atoms with E-state index in [4.69, 9.17) is 0 Å². The van der Waals surface area contributed by atoms with Crippen molar-refractivity contribution in [1.29, 1.82) is 0 Å². The van der Waals surface area contributed by atoms with Crippen molar-refractivity contribution < 1.29 is 0 Å². The van der Waals surface area contributed by atoms with Gasteiger partial charge in [0.05, 0.1) is 17.6 Å². The Morgan fingerprint density at radius 2 is 1.70 bits per heavy atom. The number of fused-ring (bicyclic) bond motifs is 1. The molecular weight excluding hydrogens is 284 g/mol. The number of benzene rings is 2. The lowest BCUT2D eigenvalue weighted by atomic mass is 10.1. The molecule has 4 nitrogen and oxygen atoms in total. The van der Waals surface area contributed by atoms with Crippen molar-refractivity contribution in [1.82, 2.24) is 15.0 Å². The fourth-order valence-corrected chi connectivity index (χ4v) is 2.61. The first-order valence-corrected chi connectivity index (χ1v) is 7.56. The summed E-state index contributed by atoms with van der Waals surface area (Å²) in [5.74, 6) is 0.919. The predicted molar refractivity (Wildman–Crippen MR) is 93.1 cm³/mol. The Balaban J connectivity index is 1.58. The van der Waals surface area contributed by atoms with Crippen LogP contribution in [0.2, 0.25) is 0 Å². The summed E-state index contributed by atoms with van der Waals surface area (Å²) in [5, 5.41) is 3.33. The SMILES string of the molecule is c1ccc(-c2ccc3nc(CNc4ccncc4)[nH]c3c2)cc1. The molecule has 0 bridgehead atoms. The number of pyridine rings is 1. The van der Waals surface area contributed by atoms with Gasteiger partial charge < -0.3 is 10.3 Å². The lowest BCUT2D eigenvalue weighted by Gasteiger charge is -2.02. The van der Waals surface area contributed by atoms with Gasteiger partial charge in [0.2, 0.25) is 0 Å². The highest BCUT2D eigenvalue weighted by molar-refractivity contribution is 5.82. The van der Waals surface area contributed by atoms with E-state index in [-0.39, 0.29) is 0 Å². The fourth-order valence-electron chi connectivity index (χ4n) is 2.61. The Bertz CT molecular complexity index is 914. The summed E-state index contributed by atoms with van der Waals surface area (Å²) >= 11 is 0. The maximum absolute atomic E-state index is 4.63. The van der Waals surface area contributed by atoms with Gasteiger partial charge in [-0.2, -0.15) is 0 Å². The van der Waals surface area contributed by atoms with Gasteiger partial charge >= 0.3 is 0 Å². The maximum Gasteiger partial charge on any atom is 0.126 e. The van der Waals surface area contributed by atoms with Crippen molar-refractivity contribution in [3.05, 3.63) is 78.9 Å². The number of hydrogen-bond donors (Lipinski definition) is 2. The lowest BCUT2D eigenvalue weighted by Crippen LogP contribution is -2.00. The van der Waals surface area contributed by atoms with Gasteiger partial charge in [0.1, 0.15) is 5.82 Å². The van der Waals surface area contributed by atoms with Crippen molar-refractivity contribution in [3.8, 4) is 11.1 Å². The van der Waals surface area contributed by atoms with Crippen LogP contribution >= 0.6 is 0 Å². The number of aromatic amines is 1. The van der Waals surface area contributed by atoms with E-state index in [0.29, 0.717) is 6.54 Å². The van der Waals surface area contributed by atoms with Gasteiger partial charge in [0, 0.05) is 18.1 Å². The number of nitrogens with zero attached hydrogens (tertiary/aromatic N) is 2. The summed E-state index contributed by atoms with van der Waals surface area (Å²) in [6.07, 6.45) is 3.54. The Hall–Kier alpha value is -3.14. The standard InChI is InChI=1S/C19H16N4/c1-2-4-14(5-3-1)15-6-7-17-18(12-15)23-19(22-17)13-21-16-8-10-20-11-9-16/h1-12H,13H2,(H,20,21)(H,22,23). The van der Waals surface area contributed by atoms with E-state index in [2.05, 4.69) is 62.7 Å². The molecule has 0 unspecified atom stereocenters. The first-order chi connectivity index (χ1) is 11.4. The first-order valence-electron chi connectivity index (χ1n) is 7.56. The smallest absolute Gasteiger partial charge is 0.126 e. The van der Waals surface area contributed by atoms with Gasteiger partial charge in [0.25, 0.3) is 0 Å². The van der Waals surface area contributed by atoms with Crippen LogP contribution in [0.25, 0.3) is 22.2 Å². The zero-order chi connectivity index (χ0) is 15.5. The molecule has 0 radical (unpaired) electrons. The Morgan fingerprint density at radius 1 is 0.870 bits per heavy atom. The molecule has 0 fully saturated rings. The second-order valence-corrected chi connectivity index (χ2v) is 5.37. The zero-order valence-electron chi connectivity index (χ0n) is 12.5. The molecule has 2 heterocycles. The molecule has 2 aromatic carbocycles.